The van der Waals surface area contributed by atoms with Crippen LogP contribution in [-0.2, 0) is 11.3 Å². The van der Waals surface area contributed by atoms with Gasteiger partial charge in [-0.1, -0.05) is 13.0 Å². The van der Waals surface area contributed by atoms with Gasteiger partial charge in [0.1, 0.15) is 5.82 Å². The first kappa shape index (κ1) is 14.3. The van der Waals surface area contributed by atoms with Crippen molar-refractivity contribution in [1.82, 2.24) is 0 Å². The lowest BCUT2D eigenvalue weighted by Crippen LogP contribution is -2.40. The van der Waals surface area contributed by atoms with Crippen LogP contribution in [0.25, 0.3) is 0 Å². The van der Waals surface area contributed by atoms with Crippen LogP contribution in [0.15, 0.2) is 18.2 Å². The molecule has 1 aromatic rings. The van der Waals surface area contributed by atoms with Crippen LogP contribution in [0.5, 0.6) is 0 Å². The van der Waals surface area contributed by atoms with Crippen molar-refractivity contribution >= 4 is 5.69 Å². The summed E-state index contributed by atoms with van der Waals surface area (Å²) < 4.78 is 19.8. The summed E-state index contributed by atoms with van der Waals surface area (Å²) in [6, 6.07) is 4.93. The van der Waals surface area contributed by atoms with Crippen molar-refractivity contribution in [3.8, 4) is 0 Å². The van der Waals surface area contributed by atoms with E-state index in [1.165, 1.54) is 6.07 Å². The van der Waals surface area contributed by atoms with Crippen molar-refractivity contribution < 1.29 is 14.2 Å². The number of piperidine rings is 1. The molecular formula is C15H22FNO2. The van der Waals surface area contributed by atoms with Crippen LogP contribution >= 0.6 is 0 Å². The molecule has 1 aliphatic heterocycles. The maximum absolute atomic E-state index is 14.0. The minimum absolute atomic E-state index is 0.126. The lowest BCUT2D eigenvalue weighted by molar-refractivity contribution is 0.0439. The molecular weight excluding hydrogens is 245 g/mol. The summed E-state index contributed by atoms with van der Waals surface area (Å²) in [5, 5.41) is 9.00. The molecule has 1 unspecified atom stereocenters. The van der Waals surface area contributed by atoms with Crippen LogP contribution in [0.2, 0.25) is 0 Å². The molecule has 0 radical (unpaired) electrons. The van der Waals surface area contributed by atoms with Gasteiger partial charge in [-0.2, -0.15) is 0 Å². The third kappa shape index (κ3) is 3.67. The Bertz CT molecular complexity index is 411. The first-order valence-corrected chi connectivity index (χ1v) is 7.00. The van der Waals surface area contributed by atoms with E-state index in [1.807, 2.05) is 4.90 Å². The topological polar surface area (TPSA) is 32.7 Å². The molecule has 1 fully saturated rings. The number of rotatable bonds is 5. The van der Waals surface area contributed by atoms with E-state index in [9.17, 15) is 4.39 Å². The Morgan fingerprint density at radius 2 is 2.32 bits per heavy atom. The van der Waals surface area contributed by atoms with Gasteiger partial charge in [-0.05, 0) is 37.0 Å². The molecule has 0 bridgehead atoms. The largest absolute Gasteiger partial charge is 0.392 e. The fraction of sp³-hybridized carbons (Fsp3) is 0.600. The molecule has 2 rings (SSSR count). The zero-order valence-corrected chi connectivity index (χ0v) is 11.4. The maximum Gasteiger partial charge on any atom is 0.146 e. The van der Waals surface area contributed by atoms with E-state index in [1.54, 1.807) is 12.1 Å². The summed E-state index contributed by atoms with van der Waals surface area (Å²) in [7, 11) is 0. The van der Waals surface area contributed by atoms with Crippen LogP contribution in [0.1, 0.15) is 31.7 Å². The van der Waals surface area contributed by atoms with Gasteiger partial charge >= 0.3 is 0 Å². The van der Waals surface area contributed by atoms with Crippen molar-refractivity contribution in [1.29, 1.82) is 0 Å². The molecule has 0 aromatic heterocycles. The van der Waals surface area contributed by atoms with Gasteiger partial charge in [0.15, 0.2) is 0 Å². The van der Waals surface area contributed by atoms with Gasteiger partial charge in [0.2, 0.25) is 0 Å². The molecule has 1 atom stereocenters. The fourth-order valence-corrected chi connectivity index (χ4v) is 2.48. The number of hydrogen-bond donors (Lipinski definition) is 1. The lowest BCUT2D eigenvalue weighted by atomic mass is 10.1. The van der Waals surface area contributed by atoms with E-state index >= 15 is 0 Å². The number of halogens is 1. The number of ether oxygens (including phenoxy) is 1. The summed E-state index contributed by atoms with van der Waals surface area (Å²) in [6.45, 7) is 4.34. The molecule has 0 aliphatic carbocycles. The van der Waals surface area contributed by atoms with Gasteiger partial charge < -0.3 is 14.7 Å². The molecule has 1 heterocycles. The minimum atomic E-state index is -0.261. The van der Waals surface area contributed by atoms with E-state index < -0.39 is 0 Å². The normalized spacial score (nSPS) is 19.7. The Kier molecular flexibility index (Phi) is 5.16. The monoisotopic (exact) mass is 267 g/mol. The highest BCUT2D eigenvalue weighted by Gasteiger charge is 2.22. The predicted octanol–water partition coefficient (Wildman–Crippen LogP) is 2.71. The quantitative estimate of drug-likeness (QED) is 0.890. The summed E-state index contributed by atoms with van der Waals surface area (Å²) in [6.07, 6.45) is 3.28. The van der Waals surface area contributed by atoms with Crippen molar-refractivity contribution in [2.24, 2.45) is 0 Å². The van der Waals surface area contributed by atoms with Crippen molar-refractivity contribution in [2.45, 2.75) is 38.9 Å². The standard InChI is InChI=1S/C15H22FNO2/c1-2-8-19-13-4-3-7-17(10-13)15-6-5-12(11-18)9-14(15)16/h5-6,9,13,18H,2-4,7-8,10-11H2,1H3. The van der Waals surface area contributed by atoms with E-state index in [2.05, 4.69) is 6.92 Å². The molecule has 0 saturated carbocycles. The smallest absolute Gasteiger partial charge is 0.146 e. The fourth-order valence-electron chi connectivity index (χ4n) is 2.48. The van der Waals surface area contributed by atoms with Crippen molar-refractivity contribution in [2.75, 3.05) is 24.6 Å². The molecule has 0 spiro atoms. The Labute approximate surface area is 114 Å². The predicted molar refractivity (Wildman–Crippen MR) is 73.8 cm³/mol. The summed E-state index contributed by atoms with van der Waals surface area (Å²) in [5.74, 6) is -0.261. The van der Waals surface area contributed by atoms with Gasteiger partial charge in [-0.25, -0.2) is 4.39 Å². The SMILES string of the molecule is CCCOC1CCCN(c2ccc(CO)cc2F)C1. The molecule has 4 heteroatoms. The first-order valence-electron chi connectivity index (χ1n) is 7.00. The van der Waals surface area contributed by atoms with Crippen molar-refractivity contribution in [3.05, 3.63) is 29.6 Å². The number of aliphatic hydroxyl groups excluding tert-OH is 1. The summed E-state index contributed by atoms with van der Waals surface area (Å²) in [4.78, 5) is 2.04. The molecule has 3 nitrogen and oxygen atoms in total. The molecule has 0 amide bonds. The summed E-state index contributed by atoms with van der Waals surface area (Å²) in [5.41, 5.74) is 1.22. The maximum atomic E-state index is 14.0. The second-order valence-corrected chi connectivity index (χ2v) is 5.02. The van der Waals surface area contributed by atoms with Crippen LogP contribution in [-0.4, -0.2) is 30.9 Å². The second kappa shape index (κ2) is 6.87. The average Bonchev–Trinajstić information content (AvgIpc) is 2.45. The zero-order valence-electron chi connectivity index (χ0n) is 11.4. The number of anilines is 1. The zero-order chi connectivity index (χ0) is 13.7. The third-order valence-electron chi connectivity index (χ3n) is 3.47. The van der Waals surface area contributed by atoms with Crippen molar-refractivity contribution in [3.63, 3.8) is 0 Å². The molecule has 1 N–H and O–H groups in total. The Morgan fingerprint density at radius 1 is 1.47 bits per heavy atom. The van der Waals surface area contributed by atoms with E-state index in [0.717, 1.165) is 39.0 Å². The highest BCUT2D eigenvalue weighted by atomic mass is 19.1. The molecule has 106 valence electrons. The van der Waals surface area contributed by atoms with Gasteiger partial charge in [-0.3, -0.25) is 0 Å². The second-order valence-electron chi connectivity index (χ2n) is 5.02. The van der Waals surface area contributed by atoms with Crippen LogP contribution in [0, 0.1) is 5.82 Å². The number of aliphatic hydroxyl groups is 1. The van der Waals surface area contributed by atoms with Gasteiger partial charge in [0.25, 0.3) is 0 Å². The molecule has 1 aliphatic rings. The highest BCUT2D eigenvalue weighted by molar-refractivity contribution is 5.49. The van der Waals surface area contributed by atoms with E-state index in [0.29, 0.717) is 11.3 Å². The lowest BCUT2D eigenvalue weighted by Gasteiger charge is -2.34. The molecule has 1 aromatic carbocycles. The Morgan fingerprint density at radius 3 is 3.00 bits per heavy atom. The summed E-state index contributed by atoms with van der Waals surface area (Å²) >= 11 is 0. The van der Waals surface area contributed by atoms with E-state index in [4.69, 9.17) is 9.84 Å². The Balaban J connectivity index is 2.04. The van der Waals surface area contributed by atoms with Crippen LogP contribution < -0.4 is 4.90 Å². The van der Waals surface area contributed by atoms with Gasteiger partial charge in [0, 0.05) is 19.7 Å². The van der Waals surface area contributed by atoms with Crippen LogP contribution in [0.3, 0.4) is 0 Å². The van der Waals surface area contributed by atoms with Gasteiger partial charge in [0.05, 0.1) is 18.4 Å². The van der Waals surface area contributed by atoms with Gasteiger partial charge in [-0.15, -0.1) is 0 Å². The number of benzene rings is 1. The highest BCUT2D eigenvalue weighted by Crippen LogP contribution is 2.25. The van der Waals surface area contributed by atoms with Crippen LogP contribution in [0.4, 0.5) is 10.1 Å². The minimum Gasteiger partial charge on any atom is -0.392 e. The molecule has 19 heavy (non-hydrogen) atoms. The average molecular weight is 267 g/mol. The molecule has 1 saturated heterocycles. The number of hydrogen-bond acceptors (Lipinski definition) is 3. The van der Waals surface area contributed by atoms with E-state index in [-0.39, 0.29) is 18.5 Å². The Hall–Kier alpha value is -1.13. The third-order valence-corrected chi connectivity index (χ3v) is 3.47. The first-order chi connectivity index (χ1) is 9.24. The number of nitrogens with zero attached hydrogens (tertiary/aromatic N) is 1.